The lowest BCUT2D eigenvalue weighted by molar-refractivity contribution is -0.123. The van der Waals surface area contributed by atoms with Crippen LogP contribution in [0.3, 0.4) is 0 Å². The lowest BCUT2D eigenvalue weighted by atomic mass is 9.90. The molecule has 1 aliphatic rings. The van der Waals surface area contributed by atoms with Gasteiger partial charge in [0.25, 0.3) is 0 Å². The molecule has 1 aliphatic heterocycles. The zero-order chi connectivity index (χ0) is 15.2. The van der Waals surface area contributed by atoms with Crippen LogP contribution in [0.25, 0.3) is 0 Å². The summed E-state index contributed by atoms with van der Waals surface area (Å²) in [4.78, 5) is 13.4. The number of piperidine rings is 1. The van der Waals surface area contributed by atoms with Crippen LogP contribution in [0.4, 0.5) is 0 Å². The van der Waals surface area contributed by atoms with E-state index in [0.717, 1.165) is 44.0 Å². The van der Waals surface area contributed by atoms with E-state index >= 15 is 0 Å². The first-order valence-electron chi connectivity index (χ1n) is 7.76. The van der Waals surface area contributed by atoms with Gasteiger partial charge in [0, 0.05) is 0 Å². The van der Waals surface area contributed by atoms with Crippen molar-refractivity contribution in [1.29, 1.82) is 0 Å². The topological polar surface area (TPSA) is 55.6 Å². The largest absolute Gasteiger partial charge is 0.497 e. The molecule has 1 atom stereocenters. The van der Waals surface area contributed by atoms with Crippen molar-refractivity contribution in [2.75, 3.05) is 20.2 Å². The minimum Gasteiger partial charge on any atom is -0.497 e. The SMILES string of the molecule is COc1ccc(CCC2CCN(C(C)C(N)=O)CC2)cc1. The van der Waals surface area contributed by atoms with E-state index in [9.17, 15) is 4.79 Å². The molecule has 1 amide bonds. The monoisotopic (exact) mass is 290 g/mol. The lowest BCUT2D eigenvalue weighted by Crippen LogP contribution is -2.46. The molecule has 0 aliphatic carbocycles. The van der Waals surface area contributed by atoms with E-state index in [1.165, 1.54) is 12.0 Å². The number of nitrogens with two attached hydrogens (primary N) is 1. The molecule has 1 aromatic rings. The fraction of sp³-hybridized carbons (Fsp3) is 0.588. The fourth-order valence-corrected chi connectivity index (χ4v) is 2.97. The van der Waals surface area contributed by atoms with E-state index in [4.69, 9.17) is 10.5 Å². The van der Waals surface area contributed by atoms with E-state index in [0.29, 0.717) is 0 Å². The van der Waals surface area contributed by atoms with E-state index in [-0.39, 0.29) is 11.9 Å². The van der Waals surface area contributed by atoms with Gasteiger partial charge in [-0.3, -0.25) is 9.69 Å². The summed E-state index contributed by atoms with van der Waals surface area (Å²) in [5.74, 6) is 1.45. The second-order valence-electron chi connectivity index (χ2n) is 5.94. The highest BCUT2D eigenvalue weighted by Crippen LogP contribution is 2.24. The summed E-state index contributed by atoms with van der Waals surface area (Å²) in [6, 6.07) is 8.19. The number of benzene rings is 1. The molecule has 4 nitrogen and oxygen atoms in total. The molecular weight excluding hydrogens is 264 g/mol. The molecule has 0 saturated carbocycles. The minimum atomic E-state index is -0.216. The third-order valence-electron chi connectivity index (χ3n) is 4.61. The third-order valence-corrected chi connectivity index (χ3v) is 4.61. The Morgan fingerprint density at radius 3 is 2.48 bits per heavy atom. The Kier molecular flexibility index (Phi) is 5.62. The Morgan fingerprint density at radius 1 is 1.33 bits per heavy atom. The predicted molar refractivity (Wildman–Crippen MR) is 84.3 cm³/mol. The molecule has 1 aromatic carbocycles. The summed E-state index contributed by atoms with van der Waals surface area (Å²) in [6.07, 6.45) is 4.65. The number of ether oxygens (including phenoxy) is 1. The molecule has 0 aromatic heterocycles. The first-order valence-corrected chi connectivity index (χ1v) is 7.76. The van der Waals surface area contributed by atoms with E-state index < -0.39 is 0 Å². The van der Waals surface area contributed by atoms with Gasteiger partial charge in [0.2, 0.25) is 5.91 Å². The number of likely N-dealkylation sites (tertiary alicyclic amines) is 1. The van der Waals surface area contributed by atoms with Gasteiger partial charge in [0.15, 0.2) is 0 Å². The second kappa shape index (κ2) is 7.46. The number of nitrogens with zero attached hydrogens (tertiary/aromatic N) is 1. The van der Waals surface area contributed by atoms with Gasteiger partial charge in [-0.05, 0) is 69.3 Å². The molecule has 2 N–H and O–H groups in total. The van der Waals surface area contributed by atoms with Gasteiger partial charge in [-0.1, -0.05) is 12.1 Å². The second-order valence-corrected chi connectivity index (χ2v) is 5.94. The van der Waals surface area contributed by atoms with Gasteiger partial charge in [-0.25, -0.2) is 0 Å². The highest BCUT2D eigenvalue weighted by Gasteiger charge is 2.24. The van der Waals surface area contributed by atoms with Gasteiger partial charge in [0.05, 0.1) is 13.2 Å². The Balaban J connectivity index is 1.74. The highest BCUT2D eigenvalue weighted by molar-refractivity contribution is 5.79. The summed E-state index contributed by atoms with van der Waals surface area (Å²) < 4.78 is 5.17. The van der Waals surface area contributed by atoms with Gasteiger partial charge in [-0.15, -0.1) is 0 Å². The van der Waals surface area contributed by atoms with Crippen LogP contribution >= 0.6 is 0 Å². The van der Waals surface area contributed by atoms with Gasteiger partial charge < -0.3 is 10.5 Å². The van der Waals surface area contributed by atoms with Gasteiger partial charge >= 0.3 is 0 Å². The van der Waals surface area contributed by atoms with Crippen molar-refractivity contribution >= 4 is 5.91 Å². The predicted octanol–water partition coefficient (Wildman–Crippen LogP) is 2.21. The van der Waals surface area contributed by atoms with Crippen LogP contribution < -0.4 is 10.5 Å². The molecule has 21 heavy (non-hydrogen) atoms. The Hall–Kier alpha value is -1.55. The molecule has 0 spiro atoms. The minimum absolute atomic E-state index is 0.132. The maximum absolute atomic E-state index is 11.2. The van der Waals surface area contributed by atoms with Crippen LogP contribution in [0.15, 0.2) is 24.3 Å². The van der Waals surface area contributed by atoms with Crippen molar-refractivity contribution in [2.45, 2.75) is 38.6 Å². The first kappa shape index (κ1) is 15.8. The molecule has 1 saturated heterocycles. The van der Waals surface area contributed by atoms with Crippen molar-refractivity contribution < 1.29 is 9.53 Å². The van der Waals surface area contributed by atoms with E-state index in [1.54, 1.807) is 7.11 Å². The average molecular weight is 290 g/mol. The molecule has 1 heterocycles. The molecule has 116 valence electrons. The Labute approximate surface area is 127 Å². The van der Waals surface area contributed by atoms with Crippen molar-refractivity contribution in [3.63, 3.8) is 0 Å². The molecule has 1 fully saturated rings. The summed E-state index contributed by atoms with van der Waals surface area (Å²) >= 11 is 0. The molecule has 1 unspecified atom stereocenters. The molecule has 0 bridgehead atoms. The Morgan fingerprint density at radius 2 is 1.95 bits per heavy atom. The number of aryl methyl sites for hydroxylation is 1. The molecule has 4 heteroatoms. The number of methoxy groups -OCH3 is 1. The number of carbonyl (C=O) groups excluding carboxylic acids is 1. The zero-order valence-electron chi connectivity index (χ0n) is 13.0. The van der Waals surface area contributed by atoms with Gasteiger partial charge in [-0.2, -0.15) is 0 Å². The van der Waals surface area contributed by atoms with Crippen LogP contribution in [-0.4, -0.2) is 37.0 Å². The van der Waals surface area contributed by atoms with Crippen LogP contribution in [0, 0.1) is 5.92 Å². The average Bonchev–Trinajstić information content (AvgIpc) is 2.53. The normalized spacial score (nSPS) is 18.4. The number of primary amides is 1. The summed E-state index contributed by atoms with van der Waals surface area (Å²) in [5.41, 5.74) is 6.73. The third kappa shape index (κ3) is 4.46. The number of carbonyl (C=O) groups is 1. The van der Waals surface area contributed by atoms with Crippen molar-refractivity contribution in [3.8, 4) is 5.75 Å². The van der Waals surface area contributed by atoms with E-state index in [1.807, 2.05) is 19.1 Å². The van der Waals surface area contributed by atoms with Crippen molar-refractivity contribution in [2.24, 2.45) is 11.7 Å². The summed E-state index contributed by atoms with van der Waals surface area (Å²) in [6.45, 7) is 3.87. The zero-order valence-corrected chi connectivity index (χ0v) is 13.0. The molecule has 0 radical (unpaired) electrons. The van der Waals surface area contributed by atoms with Crippen LogP contribution in [-0.2, 0) is 11.2 Å². The first-order chi connectivity index (χ1) is 10.1. The fourth-order valence-electron chi connectivity index (χ4n) is 2.97. The van der Waals surface area contributed by atoms with Crippen molar-refractivity contribution in [1.82, 2.24) is 4.90 Å². The van der Waals surface area contributed by atoms with Gasteiger partial charge in [0.1, 0.15) is 5.75 Å². The number of hydrogen-bond acceptors (Lipinski definition) is 3. The maximum atomic E-state index is 11.2. The highest BCUT2D eigenvalue weighted by atomic mass is 16.5. The van der Waals surface area contributed by atoms with E-state index in [2.05, 4.69) is 17.0 Å². The van der Waals surface area contributed by atoms with Crippen LogP contribution in [0.1, 0.15) is 31.7 Å². The van der Waals surface area contributed by atoms with Crippen LogP contribution in [0.5, 0.6) is 5.75 Å². The standard InChI is InChI=1S/C17H26N2O2/c1-13(17(18)20)19-11-9-15(10-12-19)4-3-14-5-7-16(21-2)8-6-14/h5-8,13,15H,3-4,9-12H2,1-2H3,(H2,18,20). The van der Waals surface area contributed by atoms with Crippen LogP contribution in [0.2, 0.25) is 0 Å². The molecule has 2 rings (SSSR count). The number of rotatable bonds is 6. The molecular formula is C17H26N2O2. The van der Waals surface area contributed by atoms with Crippen molar-refractivity contribution in [3.05, 3.63) is 29.8 Å². The number of hydrogen-bond donors (Lipinski definition) is 1. The lowest BCUT2D eigenvalue weighted by Gasteiger charge is -2.34. The Bertz CT molecular complexity index is 450. The maximum Gasteiger partial charge on any atom is 0.234 e. The summed E-state index contributed by atoms with van der Waals surface area (Å²) in [5, 5.41) is 0. The quantitative estimate of drug-likeness (QED) is 0.874. The smallest absolute Gasteiger partial charge is 0.234 e. The number of amides is 1. The summed E-state index contributed by atoms with van der Waals surface area (Å²) in [7, 11) is 1.69.